The molecule has 6 heteroatoms. The number of amides is 1. The molecule has 1 N–H and O–H groups in total. The predicted octanol–water partition coefficient (Wildman–Crippen LogP) is 1.30. The lowest BCUT2D eigenvalue weighted by molar-refractivity contribution is 0.0775. The maximum atomic E-state index is 13.0. The molecule has 2 saturated heterocycles. The summed E-state index contributed by atoms with van der Waals surface area (Å²) in [5.41, 5.74) is 1.18. The summed E-state index contributed by atoms with van der Waals surface area (Å²) in [6.45, 7) is 3.61. The second kappa shape index (κ2) is 5.21. The minimum atomic E-state index is -0.288. The Kier molecular flexibility index (Phi) is 3.18. The Morgan fingerprint density at radius 1 is 1.14 bits per heavy atom. The average Bonchev–Trinajstić information content (AvgIpc) is 3.22. The van der Waals surface area contributed by atoms with Crippen molar-refractivity contribution in [2.75, 3.05) is 26.2 Å². The summed E-state index contributed by atoms with van der Waals surface area (Å²) in [5, 5.41) is 7.70. The molecule has 4 rings (SSSR count). The number of benzene rings is 1. The number of carbonyl (C=O) groups excluding carboxylic acids is 1. The Bertz CT molecular complexity index is 684. The van der Waals surface area contributed by atoms with E-state index in [1.165, 1.54) is 12.1 Å². The first kappa shape index (κ1) is 13.5. The minimum Gasteiger partial charge on any atom is -0.337 e. The van der Waals surface area contributed by atoms with Crippen LogP contribution in [0.3, 0.4) is 0 Å². The number of carbonyl (C=O) groups is 1. The van der Waals surface area contributed by atoms with E-state index in [-0.39, 0.29) is 11.7 Å². The molecule has 1 aromatic carbocycles. The molecule has 2 fully saturated rings. The zero-order valence-corrected chi connectivity index (χ0v) is 12.1. The first-order valence-electron chi connectivity index (χ1n) is 7.52. The second-order valence-corrected chi connectivity index (χ2v) is 6.01. The van der Waals surface area contributed by atoms with Crippen LogP contribution in [0.25, 0.3) is 5.69 Å². The monoisotopic (exact) mass is 300 g/mol. The van der Waals surface area contributed by atoms with Crippen molar-refractivity contribution in [2.45, 2.75) is 0 Å². The van der Waals surface area contributed by atoms with Crippen LogP contribution in [0.15, 0.2) is 36.5 Å². The van der Waals surface area contributed by atoms with Crippen LogP contribution in [-0.2, 0) is 0 Å². The molecule has 2 atom stereocenters. The van der Waals surface area contributed by atoms with Crippen molar-refractivity contribution < 1.29 is 9.18 Å². The maximum absolute atomic E-state index is 13.0. The van der Waals surface area contributed by atoms with Gasteiger partial charge in [0.25, 0.3) is 5.91 Å². The summed E-state index contributed by atoms with van der Waals surface area (Å²) in [6, 6.07) is 7.77. The van der Waals surface area contributed by atoms with Crippen LogP contribution >= 0.6 is 0 Å². The molecule has 2 aliphatic heterocycles. The Morgan fingerprint density at radius 2 is 1.82 bits per heavy atom. The molecule has 114 valence electrons. The van der Waals surface area contributed by atoms with E-state index in [1.807, 2.05) is 4.90 Å². The summed E-state index contributed by atoms with van der Waals surface area (Å²) >= 11 is 0. The number of likely N-dealkylation sites (tertiary alicyclic amines) is 1. The quantitative estimate of drug-likeness (QED) is 0.909. The Labute approximate surface area is 127 Å². The van der Waals surface area contributed by atoms with Crippen LogP contribution in [0.2, 0.25) is 0 Å². The molecule has 1 amide bonds. The van der Waals surface area contributed by atoms with Gasteiger partial charge in [-0.25, -0.2) is 9.07 Å². The highest BCUT2D eigenvalue weighted by Gasteiger charge is 2.38. The molecule has 0 bridgehead atoms. The Morgan fingerprint density at radius 3 is 2.50 bits per heavy atom. The zero-order valence-electron chi connectivity index (χ0n) is 12.1. The van der Waals surface area contributed by atoms with Crippen LogP contribution < -0.4 is 5.32 Å². The van der Waals surface area contributed by atoms with Gasteiger partial charge in [0.2, 0.25) is 0 Å². The number of nitrogens with one attached hydrogen (secondary N) is 1. The molecule has 0 radical (unpaired) electrons. The van der Waals surface area contributed by atoms with Gasteiger partial charge in [0.15, 0.2) is 5.69 Å². The molecular weight excluding hydrogens is 283 g/mol. The maximum Gasteiger partial charge on any atom is 0.274 e. The van der Waals surface area contributed by atoms with Crippen molar-refractivity contribution >= 4 is 5.91 Å². The van der Waals surface area contributed by atoms with Crippen LogP contribution in [0.1, 0.15) is 10.5 Å². The van der Waals surface area contributed by atoms with Gasteiger partial charge >= 0.3 is 0 Å². The lowest BCUT2D eigenvalue weighted by Crippen LogP contribution is -2.32. The SMILES string of the molecule is O=C(c1ccn(-c2ccc(F)cc2)n1)N1C[C@H]2CNC[C@H]2C1. The molecule has 0 unspecified atom stereocenters. The lowest BCUT2D eigenvalue weighted by atomic mass is 10.0. The highest BCUT2D eigenvalue weighted by molar-refractivity contribution is 5.92. The van der Waals surface area contributed by atoms with E-state index in [0.717, 1.165) is 31.9 Å². The van der Waals surface area contributed by atoms with Gasteiger partial charge in [-0.2, -0.15) is 5.10 Å². The van der Waals surface area contributed by atoms with Crippen LogP contribution in [0, 0.1) is 17.7 Å². The van der Waals surface area contributed by atoms with E-state index in [1.54, 1.807) is 29.1 Å². The van der Waals surface area contributed by atoms with Gasteiger partial charge in [-0.15, -0.1) is 0 Å². The summed E-state index contributed by atoms with van der Waals surface area (Å²) in [5.74, 6) is 0.839. The fourth-order valence-electron chi connectivity index (χ4n) is 3.36. The number of hydrogen-bond donors (Lipinski definition) is 1. The van der Waals surface area contributed by atoms with E-state index in [0.29, 0.717) is 17.5 Å². The number of fused-ring (bicyclic) bond motifs is 1. The standard InChI is InChI=1S/C16H17FN4O/c17-13-1-3-14(4-2-13)21-6-5-15(19-21)16(22)20-9-11-7-18-8-12(11)10-20/h1-6,11-12,18H,7-10H2/t11-,12+. The van der Waals surface area contributed by atoms with Crippen molar-refractivity contribution in [3.05, 3.63) is 48.0 Å². The second-order valence-electron chi connectivity index (χ2n) is 6.01. The number of hydrogen-bond acceptors (Lipinski definition) is 3. The molecule has 2 aromatic rings. The molecule has 2 aliphatic rings. The van der Waals surface area contributed by atoms with E-state index < -0.39 is 0 Å². The van der Waals surface area contributed by atoms with E-state index >= 15 is 0 Å². The van der Waals surface area contributed by atoms with E-state index in [2.05, 4.69) is 10.4 Å². The van der Waals surface area contributed by atoms with Gasteiger partial charge < -0.3 is 10.2 Å². The lowest BCUT2D eigenvalue weighted by Gasteiger charge is -2.15. The first-order valence-corrected chi connectivity index (χ1v) is 7.52. The molecule has 1 aromatic heterocycles. The van der Waals surface area contributed by atoms with Crippen molar-refractivity contribution in [3.8, 4) is 5.69 Å². The fraction of sp³-hybridized carbons (Fsp3) is 0.375. The third-order valence-electron chi connectivity index (χ3n) is 4.58. The molecule has 3 heterocycles. The molecule has 22 heavy (non-hydrogen) atoms. The van der Waals surface area contributed by atoms with Gasteiger partial charge in [0.1, 0.15) is 5.82 Å². The van der Waals surface area contributed by atoms with Gasteiger partial charge in [-0.3, -0.25) is 4.79 Å². The largest absolute Gasteiger partial charge is 0.337 e. The average molecular weight is 300 g/mol. The Balaban J connectivity index is 1.51. The summed E-state index contributed by atoms with van der Waals surface area (Å²) in [7, 11) is 0. The smallest absolute Gasteiger partial charge is 0.274 e. The highest BCUT2D eigenvalue weighted by atomic mass is 19.1. The van der Waals surface area contributed by atoms with Gasteiger partial charge in [-0.1, -0.05) is 0 Å². The number of nitrogens with zero attached hydrogens (tertiary/aromatic N) is 3. The molecule has 0 aliphatic carbocycles. The summed E-state index contributed by atoms with van der Waals surface area (Å²) in [4.78, 5) is 14.4. The van der Waals surface area contributed by atoms with Crippen molar-refractivity contribution in [1.82, 2.24) is 20.0 Å². The molecular formula is C16H17FN4O. The number of halogens is 1. The van der Waals surface area contributed by atoms with Crippen molar-refractivity contribution in [3.63, 3.8) is 0 Å². The van der Waals surface area contributed by atoms with Gasteiger partial charge in [0, 0.05) is 32.4 Å². The highest BCUT2D eigenvalue weighted by Crippen LogP contribution is 2.27. The normalized spacial score (nSPS) is 23.8. The summed E-state index contributed by atoms with van der Waals surface area (Å²) < 4.78 is 14.6. The van der Waals surface area contributed by atoms with Gasteiger partial charge in [-0.05, 0) is 42.2 Å². The molecule has 0 spiro atoms. The predicted molar refractivity (Wildman–Crippen MR) is 79.3 cm³/mol. The van der Waals surface area contributed by atoms with Crippen LogP contribution in [0.4, 0.5) is 4.39 Å². The zero-order chi connectivity index (χ0) is 15.1. The minimum absolute atomic E-state index is 0.0183. The summed E-state index contributed by atoms with van der Waals surface area (Å²) in [6.07, 6.45) is 1.74. The third kappa shape index (κ3) is 2.29. The van der Waals surface area contributed by atoms with E-state index in [4.69, 9.17) is 0 Å². The van der Waals surface area contributed by atoms with Gasteiger partial charge in [0.05, 0.1) is 5.69 Å². The topological polar surface area (TPSA) is 50.2 Å². The Hall–Kier alpha value is -2.21. The van der Waals surface area contributed by atoms with E-state index in [9.17, 15) is 9.18 Å². The third-order valence-corrected chi connectivity index (χ3v) is 4.58. The molecule has 5 nitrogen and oxygen atoms in total. The van der Waals surface area contributed by atoms with Crippen LogP contribution in [0.5, 0.6) is 0 Å². The first-order chi connectivity index (χ1) is 10.7. The molecule has 0 saturated carbocycles. The number of aromatic nitrogens is 2. The van der Waals surface area contributed by atoms with Crippen molar-refractivity contribution in [1.29, 1.82) is 0 Å². The van der Waals surface area contributed by atoms with Crippen molar-refractivity contribution in [2.24, 2.45) is 11.8 Å². The van der Waals surface area contributed by atoms with Crippen LogP contribution in [-0.4, -0.2) is 46.8 Å². The fourth-order valence-corrected chi connectivity index (χ4v) is 3.36. The number of rotatable bonds is 2.